The van der Waals surface area contributed by atoms with Crippen LogP contribution in [0.15, 0.2) is 16.3 Å². The first-order valence-corrected chi connectivity index (χ1v) is 7.11. The molecule has 3 N–H and O–H groups in total. The van der Waals surface area contributed by atoms with Crippen LogP contribution in [0.5, 0.6) is 0 Å². The van der Waals surface area contributed by atoms with Gasteiger partial charge >= 0.3 is 0 Å². The lowest BCUT2D eigenvalue weighted by Crippen LogP contribution is -2.31. The Balaban J connectivity index is 2.70. The van der Waals surface area contributed by atoms with Gasteiger partial charge in [0.2, 0.25) is 10.0 Å². The Morgan fingerprint density at radius 2 is 2.25 bits per heavy atom. The highest BCUT2D eigenvalue weighted by Gasteiger charge is 2.17. The van der Waals surface area contributed by atoms with E-state index >= 15 is 0 Å². The number of hydrogen-bond acceptors (Lipinski definition) is 5. The molecule has 0 bridgehead atoms. The van der Waals surface area contributed by atoms with E-state index in [9.17, 15) is 8.42 Å². The van der Waals surface area contributed by atoms with E-state index in [0.29, 0.717) is 6.54 Å². The zero-order chi connectivity index (χ0) is 12.2. The van der Waals surface area contributed by atoms with Crippen molar-refractivity contribution in [1.82, 2.24) is 4.72 Å². The van der Waals surface area contributed by atoms with Crippen LogP contribution in [0, 0.1) is 0 Å². The molecule has 0 aliphatic heterocycles. The van der Waals surface area contributed by atoms with Gasteiger partial charge in [-0.05, 0) is 19.1 Å². The Bertz CT molecular complexity index is 428. The maximum Gasteiger partial charge on any atom is 0.250 e. The molecule has 0 aromatic carbocycles. The molecule has 1 aromatic heterocycles. The van der Waals surface area contributed by atoms with E-state index in [1.54, 1.807) is 19.1 Å². The standard InChI is InChI=1S/C9H16N2O3S2/c1-7(14-2)6-11-16(12,13)9-4-3-8(5-10)15-9/h3-4,7,11H,5-6,10H2,1-2H3. The minimum absolute atomic E-state index is 0.149. The number of nitrogens with one attached hydrogen (secondary N) is 1. The van der Waals surface area contributed by atoms with E-state index in [1.807, 2.05) is 0 Å². The zero-order valence-corrected chi connectivity index (χ0v) is 10.9. The fourth-order valence-electron chi connectivity index (χ4n) is 0.994. The molecule has 0 amide bonds. The summed E-state index contributed by atoms with van der Waals surface area (Å²) in [5.41, 5.74) is 5.43. The lowest BCUT2D eigenvalue weighted by Gasteiger charge is -2.10. The summed E-state index contributed by atoms with van der Waals surface area (Å²) in [6, 6.07) is 3.28. The monoisotopic (exact) mass is 264 g/mol. The second kappa shape index (κ2) is 5.74. The largest absolute Gasteiger partial charge is 0.380 e. The first-order valence-electron chi connectivity index (χ1n) is 4.81. The Labute approximate surface area is 99.7 Å². The van der Waals surface area contributed by atoms with E-state index in [2.05, 4.69) is 4.72 Å². The first kappa shape index (κ1) is 13.6. The van der Waals surface area contributed by atoms with Crippen molar-refractivity contribution in [1.29, 1.82) is 0 Å². The first-order chi connectivity index (χ1) is 7.49. The van der Waals surface area contributed by atoms with Crippen LogP contribution in [0.1, 0.15) is 11.8 Å². The molecule has 1 unspecified atom stereocenters. The highest BCUT2D eigenvalue weighted by molar-refractivity contribution is 7.91. The lowest BCUT2D eigenvalue weighted by molar-refractivity contribution is 0.122. The summed E-state index contributed by atoms with van der Waals surface area (Å²) in [6.07, 6.45) is -0.149. The van der Waals surface area contributed by atoms with E-state index in [4.69, 9.17) is 10.5 Å². The lowest BCUT2D eigenvalue weighted by atomic mass is 10.4. The highest BCUT2D eigenvalue weighted by atomic mass is 32.2. The van der Waals surface area contributed by atoms with E-state index in [-0.39, 0.29) is 16.9 Å². The minimum Gasteiger partial charge on any atom is -0.380 e. The fourth-order valence-corrected chi connectivity index (χ4v) is 3.39. The third-order valence-corrected chi connectivity index (χ3v) is 5.09. The summed E-state index contributed by atoms with van der Waals surface area (Å²) in [5, 5.41) is 0. The van der Waals surface area contributed by atoms with Crippen LogP contribution in [0.2, 0.25) is 0 Å². The Kier molecular flexibility index (Phi) is 4.88. The van der Waals surface area contributed by atoms with Gasteiger partial charge in [-0.3, -0.25) is 0 Å². The van der Waals surface area contributed by atoms with Gasteiger partial charge in [0.15, 0.2) is 0 Å². The molecule has 0 saturated carbocycles. The molecular formula is C9H16N2O3S2. The van der Waals surface area contributed by atoms with Crippen molar-refractivity contribution in [3.8, 4) is 0 Å². The molecule has 92 valence electrons. The van der Waals surface area contributed by atoms with Crippen molar-refractivity contribution >= 4 is 21.4 Å². The molecular weight excluding hydrogens is 248 g/mol. The predicted molar refractivity (Wildman–Crippen MR) is 63.9 cm³/mol. The molecule has 16 heavy (non-hydrogen) atoms. The Morgan fingerprint density at radius 1 is 1.56 bits per heavy atom. The summed E-state index contributed by atoms with van der Waals surface area (Å²) < 4.78 is 31.3. The normalized spacial score (nSPS) is 13.9. The number of rotatable bonds is 6. The number of thiophene rings is 1. The number of nitrogens with two attached hydrogens (primary N) is 1. The molecule has 1 atom stereocenters. The zero-order valence-electron chi connectivity index (χ0n) is 9.26. The van der Waals surface area contributed by atoms with Crippen molar-refractivity contribution in [2.24, 2.45) is 5.73 Å². The summed E-state index contributed by atoms with van der Waals surface area (Å²) in [7, 11) is -1.88. The third kappa shape index (κ3) is 3.53. The van der Waals surface area contributed by atoms with Crippen LogP contribution in [-0.2, 0) is 21.3 Å². The molecule has 7 heteroatoms. The summed E-state index contributed by atoms with van der Waals surface area (Å²) in [5.74, 6) is 0. The summed E-state index contributed by atoms with van der Waals surface area (Å²) in [4.78, 5) is 0.847. The molecule has 0 aliphatic rings. The minimum atomic E-state index is -3.42. The van der Waals surface area contributed by atoms with Crippen LogP contribution in [0.25, 0.3) is 0 Å². The topological polar surface area (TPSA) is 81.4 Å². The molecule has 1 aromatic rings. The molecule has 1 heterocycles. The summed E-state index contributed by atoms with van der Waals surface area (Å²) in [6.45, 7) is 2.41. The number of ether oxygens (including phenoxy) is 1. The fraction of sp³-hybridized carbons (Fsp3) is 0.556. The third-order valence-electron chi connectivity index (χ3n) is 2.07. The molecule has 1 rings (SSSR count). The smallest absolute Gasteiger partial charge is 0.250 e. The molecule has 0 fully saturated rings. The average molecular weight is 264 g/mol. The Hall–Kier alpha value is -0.470. The molecule has 0 spiro atoms. The van der Waals surface area contributed by atoms with Crippen LogP contribution in [0.4, 0.5) is 0 Å². The number of sulfonamides is 1. The van der Waals surface area contributed by atoms with Gasteiger partial charge in [-0.25, -0.2) is 13.1 Å². The summed E-state index contributed by atoms with van der Waals surface area (Å²) >= 11 is 1.18. The molecule has 0 radical (unpaired) electrons. The number of hydrogen-bond donors (Lipinski definition) is 2. The van der Waals surface area contributed by atoms with Crippen molar-refractivity contribution in [2.45, 2.75) is 23.8 Å². The van der Waals surface area contributed by atoms with Gasteiger partial charge < -0.3 is 10.5 Å². The highest BCUT2D eigenvalue weighted by Crippen LogP contribution is 2.20. The number of methoxy groups -OCH3 is 1. The maximum atomic E-state index is 11.8. The quantitative estimate of drug-likeness (QED) is 0.785. The molecule has 5 nitrogen and oxygen atoms in total. The van der Waals surface area contributed by atoms with Gasteiger partial charge in [0.25, 0.3) is 0 Å². The SMILES string of the molecule is COC(C)CNS(=O)(=O)c1ccc(CN)s1. The van der Waals surface area contributed by atoms with Crippen molar-refractivity contribution in [2.75, 3.05) is 13.7 Å². The van der Waals surface area contributed by atoms with Gasteiger partial charge in [0.05, 0.1) is 6.10 Å². The van der Waals surface area contributed by atoms with Crippen molar-refractivity contribution < 1.29 is 13.2 Å². The second-order valence-electron chi connectivity index (χ2n) is 3.32. The van der Waals surface area contributed by atoms with Crippen molar-refractivity contribution in [3.05, 3.63) is 17.0 Å². The Morgan fingerprint density at radius 3 is 2.75 bits per heavy atom. The van der Waals surface area contributed by atoms with Gasteiger partial charge in [-0.2, -0.15) is 0 Å². The van der Waals surface area contributed by atoms with Crippen LogP contribution in [0.3, 0.4) is 0 Å². The average Bonchev–Trinajstić information content (AvgIpc) is 2.75. The van der Waals surface area contributed by atoms with Crippen LogP contribution in [-0.4, -0.2) is 28.2 Å². The van der Waals surface area contributed by atoms with Crippen LogP contribution < -0.4 is 10.5 Å². The van der Waals surface area contributed by atoms with E-state index in [0.717, 1.165) is 4.88 Å². The molecule has 0 aliphatic carbocycles. The van der Waals surface area contributed by atoms with Gasteiger partial charge in [-0.15, -0.1) is 11.3 Å². The van der Waals surface area contributed by atoms with Crippen LogP contribution >= 0.6 is 11.3 Å². The van der Waals surface area contributed by atoms with Gasteiger partial charge in [0, 0.05) is 25.1 Å². The van der Waals surface area contributed by atoms with Crippen molar-refractivity contribution in [3.63, 3.8) is 0 Å². The predicted octanol–water partition coefficient (Wildman–Crippen LogP) is 0.520. The maximum absolute atomic E-state index is 11.8. The van der Waals surface area contributed by atoms with E-state index < -0.39 is 10.0 Å². The second-order valence-corrected chi connectivity index (χ2v) is 6.49. The van der Waals surface area contributed by atoms with Gasteiger partial charge in [-0.1, -0.05) is 0 Å². The van der Waals surface area contributed by atoms with Gasteiger partial charge in [0.1, 0.15) is 4.21 Å². The molecule has 0 saturated heterocycles. The van der Waals surface area contributed by atoms with E-state index in [1.165, 1.54) is 18.4 Å².